The number of piperidine rings is 1. The van der Waals surface area contributed by atoms with Crippen LogP contribution in [0.4, 0.5) is 11.5 Å². The van der Waals surface area contributed by atoms with Gasteiger partial charge in [-0.05, 0) is 31.7 Å². The Morgan fingerprint density at radius 1 is 1.33 bits per heavy atom. The Balaban J connectivity index is 1.94. The molecule has 2 rings (SSSR count). The van der Waals surface area contributed by atoms with Crippen LogP contribution < -0.4 is 10.2 Å². The molecule has 1 N–H and O–H groups in total. The zero-order valence-electron chi connectivity index (χ0n) is 11.7. The second-order valence-electron chi connectivity index (χ2n) is 5.15. The van der Waals surface area contributed by atoms with Crippen LogP contribution in [0.1, 0.15) is 39.5 Å². The zero-order chi connectivity index (χ0) is 12.8. The Labute approximate surface area is 111 Å². The van der Waals surface area contributed by atoms with E-state index in [9.17, 15) is 0 Å². The van der Waals surface area contributed by atoms with Gasteiger partial charge in [-0.15, -0.1) is 0 Å². The first-order chi connectivity index (χ1) is 8.83. The molecule has 1 aliphatic heterocycles. The van der Waals surface area contributed by atoms with Gasteiger partial charge in [0.1, 0.15) is 5.82 Å². The topological polar surface area (TPSA) is 28.2 Å². The van der Waals surface area contributed by atoms with Crippen molar-refractivity contribution in [3.8, 4) is 0 Å². The molecule has 0 aliphatic carbocycles. The third-order valence-electron chi connectivity index (χ3n) is 3.78. The summed E-state index contributed by atoms with van der Waals surface area (Å²) in [6.45, 7) is 7.71. The highest BCUT2D eigenvalue weighted by molar-refractivity contribution is 5.54. The molecule has 1 fully saturated rings. The van der Waals surface area contributed by atoms with Gasteiger partial charge in [0.05, 0.1) is 0 Å². The molecule has 0 saturated carbocycles. The van der Waals surface area contributed by atoms with E-state index in [1.54, 1.807) is 0 Å². The first-order valence-electron chi connectivity index (χ1n) is 7.28. The lowest BCUT2D eigenvalue weighted by Crippen LogP contribution is -2.33. The maximum Gasteiger partial charge on any atom is 0.127 e. The second-order valence-corrected chi connectivity index (χ2v) is 5.15. The summed E-state index contributed by atoms with van der Waals surface area (Å²) in [4.78, 5) is 6.83. The van der Waals surface area contributed by atoms with Crippen LogP contribution in [0.15, 0.2) is 18.3 Å². The van der Waals surface area contributed by atoms with Crippen molar-refractivity contribution in [2.24, 2.45) is 5.92 Å². The van der Waals surface area contributed by atoms with Crippen LogP contribution in [0, 0.1) is 5.92 Å². The van der Waals surface area contributed by atoms with E-state index >= 15 is 0 Å². The van der Waals surface area contributed by atoms with E-state index in [4.69, 9.17) is 0 Å². The van der Waals surface area contributed by atoms with Gasteiger partial charge in [-0.1, -0.05) is 19.8 Å². The summed E-state index contributed by atoms with van der Waals surface area (Å²) in [6, 6.07) is 4.30. The fraction of sp³-hybridized carbons (Fsp3) is 0.667. The van der Waals surface area contributed by atoms with Gasteiger partial charge >= 0.3 is 0 Å². The van der Waals surface area contributed by atoms with Gasteiger partial charge in [0.2, 0.25) is 0 Å². The summed E-state index contributed by atoms with van der Waals surface area (Å²) in [7, 11) is 0. The highest BCUT2D eigenvalue weighted by atomic mass is 15.1. The first-order valence-corrected chi connectivity index (χ1v) is 7.28. The highest BCUT2D eigenvalue weighted by Crippen LogP contribution is 2.26. The van der Waals surface area contributed by atoms with Gasteiger partial charge in [0.25, 0.3) is 0 Å². The number of pyridine rings is 1. The number of hydrogen-bond acceptors (Lipinski definition) is 3. The third-order valence-corrected chi connectivity index (χ3v) is 3.78. The number of anilines is 2. The summed E-state index contributed by atoms with van der Waals surface area (Å²) >= 11 is 0. The van der Waals surface area contributed by atoms with Crippen molar-refractivity contribution in [1.82, 2.24) is 4.98 Å². The Hall–Kier alpha value is -1.25. The van der Waals surface area contributed by atoms with Gasteiger partial charge in [-0.25, -0.2) is 4.98 Å². The summed E-state index contributed by atoms with van der Waals surface area (Å²) in [6.07, 6.45) is 7.31. The van der Waals surface area contributed by atoms with Crippen molar-refractivity contribution in [3.63, 3.8) is 0 Å². The van der Waals surface area contributed by atoms with Crippen LogP contribution >= 0.6 is 0 Å². The van der Waals surface area contributed by atoms with Crippen molar-refractivity contribution in [3.05, 3.63) is 18.3 Å². The number of rotatable bonds is 5. The van der Waals surface area contributed by atoms with Crippen LogP contribution in [0.5, 0.6) is 0 Å². The van der Waals surface area contributed by atoms with Crippen LogP contribution in [0.2, 0.25) is 0 Å². The number of nitrogens with one attached hydrogen (secondary N) is 1. The standard InChI is InChI=1S/C15H25N3/c1-3-5-13-7-10-18(11-8-13)14-6-9-17-15(12-14)16-4-2/h6,9,12-13H,3-5,7-8,10-11H2,1-2H3,(H,16,17). The van der Waals surface area contributed by atoms with Gasteiger partial charge in [-0.3, -0.25) is 0 Å². The predicted octanol–water partition coefficient (Wildman–Crippen LogP) is 3.53. The summed E-state index contributed by atoms with van der Waals surface area (Å²) < 4.78 is 0. The molecule has 18 heavy (non-hydrogen) atoms. The summed E-state index contributed by atoms with van der Waals surface area (Å²) in [5, 5.41) is 3.28. The summed E-state index contributed by atoms with van der Waals surface area (Å²) in [5.74, 6) is 1.94. The minimum Gasteiger partial charge on any atom is -0.371 e. The molecule has 1 saturated heterocycles. The van der Waals surface area contributed by atoms with E-state index < -0.39 is 0 Å². The van der Waals surface area contributed by atoms with Crippen LogP contribution in [-0.2, 0) is 0 Å². The smallest absolute Gasteiger partial charge is 0.127 e. The molecule has 0 bridgehead atoms. The Bertz CT molecular complexity index is 357. The number of aromatic nitrogens is 1. The molecule has 1 aliphatic rings. The molecule has 0 amide bonds. The average Bonchev–Trinajstić information content (AvgIpc) is 2.41. The molecule has 0 unspecified atom stereocenters. The van der Waals surface area contributed by atoms with E-state index in [-0.39, 0.29) is 0 Å². The fourth-order valence-corrected chi connectivity index (χ4v) is 2.78. The van der Waals surface area contributed by atoms with E-state index in [1.165, 1.54) is 44.5 Å². The van der Waals surface area contributed by atoms with Crippen molar-refractivity contribution in [2.75, 3.05) is 29.9 Å². The molecule has 1 aromatic rings. The Kier molecular flexibility index (Phi) is 4.85. The lowest BCUT2D eigenvalue weighted by atomic mass is 9.92. The molecular weight excluding hydrogens is 222 g/mol. The molecule has 0 radical (unpaired) electrons. The molecule has 2 heterocycles. The van der Waals surface area contributed by atoms with Gasteiger partial charge in [0.15, 0.2) is 0 Å². The van der Waals surface area contributed by atoms with Crippen LogP contribution in [0.25, 0.3) is 0 Å². The normalized spacial score (nSPS) is 16.9. The highest BCUT2D eigenvalue weighted by Gasteiger charge is 2.18. The summed E-state index contributed by atoms with van der Waals surface area (Å²) in [5.41, 5.74) is 1.32. The van der Waals surface area contributed by atoms with Crippen molar-refractivity contribution in [2.45, 2.75) is 39.5 Å². The predicted molar refractivity (Wildman–Crippen MR) is 78.2 cm³/mol. The van der Waals surface area contributed by atoms with Crippen LogP contribution in [-0.4, -0.2) is 24.6 Å². The fourth-order valence-electron chi connectivity index (χ4n) is 2.78. The second kappa shape index (κ2) is 6.62. The Morgan fingerprint density at radius 2 is 2.11 bits per heavy atom. The van der Waals surface area contributed by atoms with E-state index in [1.807, 2.05) is 6.20 Å². The van der Waals surface area contributed by atoms with E-state index in [2.05, 4.69) is 41.2 Å². The quantitative estimate of drug-likeness (QED) is 0.862. The van der Waals surface area contributed by atoms with E-state index in [0.717, 1.165) is 18.3 Å². The minimum atomic E-state index is 0.926. The molecular formula is C15H25N3. The lowest BCUT2D eigenvalue weighted by molar-refractivity contribution is 0.378. The van der Waals surface area contributed by atoms with Crippen LogP contribution in [0.3, 0.4) is 0 Å². The van der Waals surface area contributed by atoms with Crippen molar-refractivity contribution in [1.29, 1.82) is 0 Å². The third kappa shape index (κ3) is 3.37. The zero-order valence-corrected chi connectivity index (χ0v) is 11.7. The number of hydrogen-bond donors (Lipinski definition) is 1. The molecule has 100 valence electrons. The Morgan fingerprint density at radius 3 is 2.78 bits per heavy atom. The lowest BCUT2D eigenvalue weighted by Gasteiger charge is -2.33. The minimum absolute atomic E-state index is 0.926. The van der Waals surface area contributed by atoms with Gasteiger partial charge < -0.3 is 10.2 Å². The van der Waals surface area contributed by atoms with E-state index in [0.29, 0.717) is 0 Å². The van der Waals surface area contributed by atoms with Gasteiger partial charge in [-0.2, -0.15) is 0 Å². The van der Waals surface area contributed by atoms with Crippen molar-refractivity contribution < 1.29 is 0 Å². The maximum absolute atomic E-state index is 4.33. The maximum atomic E-state index is 4.33. The molecule has 3 heteroatoms. The first kappa shape index (κ1) is 13.2. The SMILES string of the molecule is CCCC1CCN(c2ccnc(NCC)c2)CC1. The molecule has 0 aromatic carbocycles. The molecule has 0 spiro atoms. The molecule has 1 aromatic heterocycles. The van der Waals surface area contributed by atoms with Gasteiger partial charge in [0, 0.05) is 37.6 Å². The number of nitrogens with zero attached hydrogens (tertiary/aromatic N) is 2. The van der Waals surface area contributed by atoms with Crippen molar-refractivity contribution >= 4 is 11.5 Å². The average molecular weight is 247 g/mol. The monoisotopic (exact) mass is 247 g/mol. The molecule has 0 atom stereocenters. The largest absolute Gasteiger partial charge is 0.371 e. The molecule has 3 nitrogen and oxygen atoms in total.